The third-order valence-corrected chi connectivity index (χ3v) is 15.3. The number of aliphatic hydroxyl groups excluding tert-OH is 2. The molecule has 2 aromatic carbocycles. The molecule has 0 saturated heterocycles. The van der Waals surface area contributed by atoms with Crippen LogP contribution < -0.4 is 0 Å². The van der Waals surface area contributed by atoms with E-state index in [1.807, 2.05) is 75.4 Å². The lowest BCUT2D eigenvalue weighted by atomic mass is 9.75. The topological polar surface area (TPSA) is 117 Å². The molecule has 0 aliphatic heterocycles. The molecule has 9 heteroatoms. The van der Waals surface area contributed by atoms with Crippen LogP contribution in [-0.4, -0.2) is 63.7 Å². The van der Waals surface area contributed by atoms with Crippen LogP contribution in [0.3, 0.4) is 0 Å². The van der Waals surface area contributed by atoms with E-state index in [4.69, 9.17) is 14.6 Å². The summed E-state index contributed by atoms with van der Waals surface area (Å²) in [7, 11) is -5.33. The molecule has 2 aromatic rings. The Morgan fingerprint density at radius 2 is 1.58 bits per heavy atom. The number of benzene rings is 2. The quantitative estimate of drug-likeness (QED) is 0.102. The Balaban J connectivity index is 2.14. The zero-order chi connectivity index (χ0) is 32.5. The van der Waals surface area contributed by atoms with Gasteiger partial charge in [-0.05, 0) is 60.0 Å². The molecule has 2 atom stereocenters. The summed E-state index contributed by atoms with van der Waals surface area (Å²) in [4.78, 5) is 0. The molecule has 0 saturated carbocycles. The van der Waals surface area contributed by atoms with Crippen molar-refractivity contribution in [2.75, 3.05) is 24.7 Å². The molecule has 0 aromatic heterocycles. The molecule has 2 rings (SSSR count). The van der Waals surface area contributed by atoms with Crippen molar-refractivity contribution in [3.8, 4) is 0 Å². The molecule has 7 nitrogen and oxygen atoms in total. The maximum atomic E-state index is 13.1. The molecule has 242 valence electrons. The zero-order valence-corrected chi connectivity index (χ0v) is 29.4. The summed E-state index contributed by atoms with van der Waals surface area (Å²) in [6, 6.07) is 17.5. The lowest BCUT2D eigenvalue weighted by molar-refractivity contribution is 0.0955. The van der Waals surface area contributed by atoms with Crippen LogP contribution in [0.4, 0.5) is 0 Å². The third-order valence-electron chi connectivity index (χ3n) is 8.78. The largest absolute Gasteiger partial charge is 0.476 e. The number of nitrogens with one attached hydrogen (secondary N) is 1. The maximum absolute atomic E-state index is 13.1. The first-order chi connectivity index (χ1) is 19.8. The summed E-state index contributed by atoms with van der Waals surface area (Å²) in [5.41, 5.74) is 1.52. The summed E-state index contributed by atoms with van der Waals surface area (Å²) in [5.74, 6) is 0.239. The number of aliphatic hydroxyl groups is 2. The van der Waals surface area contributed by atoms with Gasteiger partial charge in [0.05, 0.1) is 29.6 Å². The molecule has 0 spiro atoms. The van der Waals surface area contributed by atoms with E-state index in [0.29, 0.717) is 25.7 Å². The van der Waals surface area contributed by atoms with Gasteiger partial charge in [-0.2, -0.15) is 0 Å². The highest BCUT2D eigenvalue weighted by Crippen LogP contribution is 2.37. The Morgan fingerprint density at radius 1 is 0.953 bits per heavy atom. The fourth-order valence-corrected chi connectivity index (χ4v) is 7.97. The van der Waals surface area contributed by atoms with Crippen molar-refractivity contribution in [1.29, 1.82) is 5.41 Å². The molecule has 3 N–H and O–H groups in total. The smallest absolute Gasteiger partial charge is 0.192 e. The molecule has 0 aliphatic rings. The van der Waals surface area contributed by atoms with Gasteiger partial charge in [-0.25, -0.2) is 8.42 Å². The summed E-state index contributed by atoms with van der Waals surface area (Å²) >= 11 is 0. The second-order valence-electron chi connectivity index (χ2n) is 14.4. The predicted octanol–water partition coefficient (Wildman–Crippen LogP) is 6.67. The highest BCUT2D eigenvalue weighted by atomic mass is 32.2. The standard InChI is InChI=1S/C34H55NO6SSi/c1-32(2,3)43(7,8)41-20-21-42(38,39)26-33(4,5)18-13-19-34(6,31(35)40-25-27-14-10-9-11-15-27)29-17-12-16-28(22-29)23-30(37)24-36/h9-12,14-17,22,30,35-37H,13,18-21,23-26H2,1-8H3/t30-,34+/m0/s1. The lowest BCUT2D eigenvalue weighted by Gasteiger charge is -2.36. The first kappa shape index (κ1) is 37.1. The molecule has 0 heterocycles. The molecule has 0 fully saturated rings. The number of hydrogen-bond donors (Lipinski definition) is 3. The second kappa shape index (κ2) is 15.3. The van der Waals surface area contributed by atoms with Crippen molar-refractivity contribution >= 4 is 24.1 Å². The number of hydrogen-bond acceptors (Lipinski definition) is 7. The number of ether oxygens (including phenoxy) is 1. The van der Waals surface area contributed by atoms with E-state index in [1.165, 1.54) is 0 Å². The SMILES string of the molecule is CC(C)(CCC[C@@](C)(C(=N)OCc1ccccc1)c1cccc(C[C@H](O)CO)c1)CS(=O)(=O)CCO[Si](C)(C)C(C)(C)C. The Kier molecular flexibility index (Phi) is 13.2. The number of rotatable bonds is 17. The summed E-state index contributed by atoms with van der Waals surface area (Å²) in [6.07, 6.45) is 1.40. The molecular weight excluding hydrogens is 579 g/mol. The van der Waals surface area contributed by atoms with E-state index in [2.05, 4.69) is 33.9 Å². The van der Waals surface area contributed by atoms with E-state index in [9.17, 15) is 18.6 Å². The van der Waals surface area contributed by atoms with Gasteiger partial charge in [0.25, 0.3) is 0 Å². The second-order valence-corrected chi connectivity index (χ2v) is 21.4. The van der Waals surface area contributed by atoms with Crippen LogP contribution in [0.15, 0.2) is 54.6 Å². The third kappa shape index (κ3) is 11.8. The Hall–Kier alpha value is -2.04. The maximum Gasteiger partial charge on any atom is 0.192 e. The van der Waals surface area contributed by atoms with Crippen LogP contribution in [0.5, 0.6) is 0 Å². The molecule has 0 radical (unpaired) electrons. The van der Waals surface area contributed by atoms with Crippen molar-refractivity contribution in [2.24, 2.45) is 5.41 Å². The molecule has 0 unspecified atom stereocenters. The van der Waals surface area contributed by atoms with Crippen LogP contribution in [0.2, 0.25) is 18.1 Å². The lowest BCUT2D eigenvalue weighted by Crippen LogP contribution is -2.42. The van der Waals surface area contributed by atoms with Crippen molar-refractivity contribution in [3.63, 3.8) is 0 Å². The van der Waals surface area contributed by atoms with Gasteiger partial charge in [-0.3, -0.25) is 5.41 Å². The Bertz CT molecular complexity index is 1270. The first-order valence-corrected chi connectivity index (χ1v) is 20.0. The van der Waals surface area contributed by atoms with E-state index in [-0.39, 0.29) is 42.3 Å². The monoisotopic (exact) mass is 633 g/mol. The molecule has 0 amide bonds. The van der Waals surface area contributed by atoms with E-state index in [0.717, 1.165) is 16.7 Å². The minimum absolute atomic E-state index is 0.0190. The minimum Gasteiger partial charge on any atom is -0.476 e. The summed E-state index contributed by atoms with van der Waals surface area (Å²) < 4.78 is 38.3. The fraction of sp³-hybridized carbons (Fsp3) is 0.618. The first-order valence-electron chi connectivity index (χ1n) is 15.3. The highest BCUT2D eigenvalue weighted by Gasteiger charge is 2.38. The van der Waals surface area contributed by atoms with E-state index < -0.39 is 35.1 Å². The molecule has 43 heavy (non-hydrogen) atoms. The van der Waals surface area contributed by atoms with Crippen molar-refractivity contribution in [1.82, 2.24) is 0 Å². The highest BCUT2D eigenvalue weighted by molar-refractivity contribution is 7.91. The van der Waals surface area contributed by atoms with Crippen LogP contribution in [0, 0.1) is 10.8 Å². The normalized spacial score (nSPS) is 15.1. The van der Waals surface area contributed by atoms with Crippen molar-refractivity contribution in [2.45, 2.75) is 103 Å². The Morgan fingerprint density at radius 3 is 2.19 bits per heavy atom. The average Bonchev–Trinajstić information content (AvgIpc) is 2.90. The van der Waals surface area contributed by atoms with Crippen LogP contribution in [-0.2, 0) is 37.4 Å². The fourth-order valence-electron chi connectivity index (χ4n) is 4.96. The van der Waals surface area contributed by atoms with Gasteiger partial charge in [0.15, 0.2) is 24.1 Å². The van der Waals surface area contributed by atoms with Gasteiger partial charge in [-0.1, -0.05) is 95.6 Å². The number of sulfone groups is 1. The van der Waals surface area contributed by atoms with Crippen LogP contribution >= 0.6 is 0 Å². The zero-order valence-electron chi connectivity index (χ0n) is 27.6. The van der Waals surface area contributed by atoms with Gasteiger partial charge < -0.3 is 19.4 Å². The van der Waals surface area contributed by atoms with E-state index in [1.54, 1.807) is 0 Å². The van der Waals surface area contributed by atoms with Gasteiger partial charge in [0, 0.05) is 13.0 Å². The van der Waals surface area contributed by atoms with Crippen LogP contribution in [0.1, 0.15) is 77.5 Å². The van der Waals surface area contributed by atoms with Crippen LogP contribution in [0.25, 0.3) is 0 Å². The van der Waals surface area contributed by atoms with Gasteiger partial charge in [-0.15, -0.1) is 0 Å². The minimum atomic E-state index is -3.31. The molecular formula is C34H55NO6SSi. The van der Waals surface area contributed by atoms with Gasteiger partial charge in [0.2, 0.25) is 0 Å². The van der Waals surface area contributed by atoms with Gasteiger partial charge >= 0.3 is 0 Å². The van der Waals surface area contributed by atoms with Crippen molar-refractivity contribution < 1.29 is 27.8 Å². The van der Waals surface area contributed by atoms with Gasteiger partial charge in [0.1, 0.15) is 6.61 Å². The summed E-state index contributed by atoms with van der Waals surface area (Å²) in [6.45, 7) is 16.8. The average molecular weight is 634 g/mol. The van der Waals surface area contributed by atoms with Crippen molar-refractivity contribution in [3.05, 3.63) is 71.3 Å². The Labute approximate surface area is 261 Å². The summed E-state index contributed by atoms with van der Waals surface area (Å²) in [5, 5.41) is 28.4. The molecule has 0 bridgehead atoms. The molecule has 0 aliphatic carbocycles. The van der Waals surface area contributed by atoms with E-state index >= 15 is 0 Å². The predicted molar refractivity (Wildman–Crippen MR) is 179 cm³/mol.